The van der Waals surface area contributed by atoms with Crippen LogP contribution in [0.1, 0.15) is 49.1 Å². The van der Waals surface area contributed by atoms with Gasteiger partial charge in [0.05, 0.1) is 0 Å². The van der Waals surface area contributed by atoms with E-state index in [9.17, 15) is 14.4 Å². The molecule has 2 amide bonds. The van der Waals surface area contributed by atoms with Gasteiger partial charge in [-0.25, -0.2) is 0 Å². The highest BCUT2D eigenvalue weighted by molar-refractivity contribution is 6.06. The Bertz CT molecular complexity index is 1140. The molecule has 150 valence electrons. The van der Waals surface area contributed by atoms with Crippen LogP contribution < -0.4 is 5.32 Å². The van der Waals surface area contributed by atoms with Gasteiger partial charge in [0, 0.05) is 35.5 Å². The molecule has 1 aliphatic heterocycles. The summed E-state index contributed by atoms with van der Waals surface area (Å²) in [5.41, 5.74) is 4.39. The Kier molecular flexibility index (Phi) is 5.44. The molecule has 0 spiro atoms. The van der Waals surface area contributed by atoms with Gasteiger partial charge in [-0.15, -0.1) is 0 Å². The summed E-state index contributed by atoms with van der Waals surface area (Å²) >= 11 is 0. The first kappa shape index (κ1) is 19.6. The van der Waals surface area contributed by atoms with Crippen LogP contribution in [-0.4, -0.2) is 29.0 Å². The van der Waals surface area contributed by atoms with Crippen LogP contribution in [-0.2, 0) is 13.0 Å². The lowest BCUT2D eigenvalue weighted by Gasteiger charge is -2.29. The second-order valence-electron chi connectivity index (χ2n) is 7.42. The summed E-state index contributed by atoms with van der Waals surface area (Å²) in [5, 5.41) is 2.80. The van der Waals surface area contributed by atoms with Crippen molar-refractivity contribution in [3.8, 4) is 0 Å². The van der Waals surface area contributed by atoms with E-state index >= 15 is 0 Å². The van der Waals surface area contributed by atoms with Crippen molar-refractivity contribution in [2.75, 3.05) is 11.9 Å². The maximum absolute atomic E-state index is 13.0. The van der Waals surface area contributed by atoms with Crippen molar-refractivity contribution >= 4 is 23.3 Å². The highest BCUT2D eigenvalue weighted by Crippen LogP contribution is 2.21. The number of nitrogens with one attached hydrogen (secondary N) is 1. The summed E-state index contributed by atoms with van der Waals surface area (Å²) < 4.78 is 0. The van der Waals surface area contributed by atoms with E-state index in [4.69, 9.17) is 0 Å². The number of amides is 2. The molecule has 0 atom stereocenters. The number of benzene rings is 3. The lowest BCUT2D eigenvalue weighted by atomic mass is 9.99. The zero-order chi connectivity index (χ0) is 21.1. The third-order valence-electron chi connectivity index (χ3n) is 5.32. The van der Waals surface area contributed by atoms with Crippen LogP contribution in [0, 0.1) is 0 Å². The minimum atomic E-state index is -0.325. The fourth-order valence-electron chi connectivity index (χ4n) is 3.66. The van der Waals surface area contributed by atoms with Gasteiger partial charge >= 0.3 is 0 Å². The Morgan fingerprint density at radius 1 is 0.800 bits per heavy atom. The van der Waals surface area contributed by atoms with Gasteiger partial charge in [-0.1, -0.05) is 42.5 Å². The van der Waals surface area contributed by atoms with Crippen LogP contribution in [0.3, 0.4) is 0 Å². The number of hydrogen-bond acceptors (Lipinski definition) is 3. The van der Waals surface area contributed by atoms with Gasteiger partial charge in [0.25, 0.3) is 11.8 Å². The fraction of sp³-hybridized carbons (Fsp3) is 0.160. The minimum Gasteiger partial charge on any atom is -0.334 e. The molecule has 0 radical (unpaired) electrons. The van der Waals surface area contributed by atoms with Gasteiger partial charge in [0.2, 0.25) is 0 Å². The van der Waals surface area contributed by atoms with Crippen molar-refractivity contribution in [2.45, 2.75) is 19.9 Å². The number of Topliss-reactive ketones (excluding diaryl/α,β-unsaturated/α-hetero) is 1. The van der Waals surface area contributed by atoms with Crippen molar-refractivity contribution in [1.82, 2.24) is 4.90 Å². The molecule has 5 nitrogen and oxygen atoms in total. The molecule has 3 aromatic carbocycles. The first-order valence-electron chi connectivity index (χ1n) is 9.90. The molecule has 3 aromatic rings. The van der Waals surface area contributed by atoms with Crippen LogP contribution in [0.15, 0.2) is 72.8 Å². The van der Waals surface area contributed by atoms with Crippen LogP contribution in [0.4, 0.5) is 5.69 Å². The first-order valence-corrected chi connectivity index (χ1v) is 9.90. The van der Waals surface area contributed by atoms with E-state index in [0.717, 1.165) is 12.0 Å². The first-order chi connectivity index (χ1) is 14.5. The maximum atomic E-state index is 13.0. The van der Waals surface area contributed by atoms with Crippen LogP contribution in [0.2, 0.25) is 0 Å². The standard InChI is InChI=1S/C25H22N2O3/c1-17(28)19-8-5-11-23(15-19)26-24(29)20-9-4-10-21(14-20)25(30)27-13-12-18-6-2-3-7-22(18)16-27/h2-11,14-15H,12-13,16H2,1H3,(H,26,29). The van der Waals surface area contributed by atoms with E-state index in [2.05, 4.69) is 11.4 Å². The molecule has 0 fully saturated rings. The second kappa shape index (κ2) is 8.33. The molecule has 1 heterocycles. The number of carbonyl (C=O) groups excluding carboxylic acids is 3. The molecule has 1 aliphatic rings. The normalized spacial score (nSPS) is 12.8. The second-order valence-corrected chi connectivity index (χ2v) is 7.42. The van der Waals surface area contributed by atoms with Gasteiger partial charge in [0.15, 0.2) is 5.78 Å². The predicted octanol–water partition coefficient (Wildman–Crippen LogP) is 4.34. The monoisotopic (exact) mass is 398 g/mol. The fourth-order valence-corrected chi connectivity index (χ4v) is 3.66. The van der Waals surface area contributed by atoms with E-state index in [-0.39, 0.29) is 17.6 Å². The van der Waals surface area contributed by atoms with Gasteiger partial charge in [-0.3, -0.25) is 14.4 Å². The van der Waals surface area contributed by atoms with Crippen molar-refractivity contribution in [2.24, 2.45) is 0 Å². The number of nitrogens with zero attached hydrogens (tertiary/aromatic N) is 1. The van der Waals surface area contributed by atoms with Crippen LogP contribution >= 0.6 is 0 Å². The molecule has 5 heteroatoms. The highest BCUT2D eigenvalue weighted by atomic mass is 16.2. The zero-order valence-corrected chi connectivity index (χ0v) is 16.7. The summed E-state index contributed by atoms with van der Waals surface area (Å²) in [4.78, 5) is 39.1. The Balaban J connectivity index is 1.50. The van der Waals surface area contributed by atoms with Crippen molar-refractivity contribution < 1.29 is 14.4 Å². The van der Waals surface area contributed by atoms with Crippen molar-refractivity contribution in [3.63, 3.8) is 0 Å². The lowest BCUT2D eigenvalue weighted by molar-refractivity contribution is 0.0734. The molecule has 30 heavy (non-hydrogen) atoms. The van der Waals surface area contributed by atoms with Gasteiger partial charge in [0.1, 0.15) is 0 Å². The molecule has 0 unspecified atom stereocenters. The third-order valence-corrected chi connectivity index (χ3v) is 5.32. The molecule has 0 saturated heterocycles. The van der Waals surface area contributed by atoms with E-state index in [0.29, 0.717) is 35.5 Å². The van der Waals surface area contributed by atoms with Crippen LogP contribution in [0.25, 0.3) is 0 Å². The summed E-state index contributed by atoms with van der Waals surface area (Å²) in [6.07, 6.45) is 0.828. The maximum Gasteiger partial charge on any atom is 0.255 e. The molecular formula is C25H22N2O3. The molecule has 0 aromatic heterocycles. The molecule has 0 saturated carbocycles. The third kappa shape index (κ3) is 4.15. The molecule has 1 N–H and O–H groups in total. The SMILES string of the molecule is CC(=O)c1cccc(NC(=O)c2cccc(C(=O)N3CCc4ccccc4C3)c2)c1. The number of fused-ring (bicyclic) bond motifs is 1. The van der Waals surface area contributed by atoms with E-state index < -0.39 is 0 Å². The number of carbonyl (C=O) groups is 3. The lowest BCUT2D eigenvalue weighted by Crippen LogP contribution is -2.36. The van der Waals surface area contributed by atoms with E-state index in [1.54, 1.807) is 48.5 Å². The quantitative estimate of drug-likeness (QED) is 0.665. The predicted molar refractivity (Wildman–Crippen MR) is 116 cm³/mol. The minimum absolute atomic E-state index is 0.0678. The number of anilines is 1. The topological polar surface area (TPSA) is 66.5 Å². The van der Waals surface area contributed by atoms with Gasteiger partial charge in [-0.05, 0) is 54.8 Å². The zero-order valence-electron chi connectivity index (χ0n) is 16.7. The van der Waals surface area contributed by atoms with Gasteiger partial charge < -0.3 is 10.2 Å². The Morgan fingerprint density at radius 3 is 2.30 bits per heavy atom. The highest BCUT2D eigenvalue weighted by Gasteiger charge is 2.22. The largest absolute Gasteiger partial charge is 0.334 e. The smallest absolute Gasteiger partial charge is 0.255 e. The molecule has 4 rings (SSSR count). The summed E-state index contributed by atoms with van der Waals surface area (Å²) in [5.74, 6) is -0.478. The average molecular weight is 398 g/mol. The Labute approximate surface area is 175 Å². The molecule has 0 bridgehead atoms. The Hall–Kier alpha value is -3.73. The molecular weight excluding hydrogens is 376 g/mol. The number of hydrogen-bond donors (Lipinski definition) is 1. The van der Waals surface area contributed by atoms with E-state index in [1.807, 2.05) is 23.1 Å². The summed E-state index contributed by atoms with van der Waals surface area (Å²) in [6, 6.07) is 21.7. The van der Waals surface area contributed by atoms with E-state index in [1.165, 1.54) is 12.5 Å². The Morgan fingerprint density at radius 2 is 1.50 bits per heavy atom. The van der Waals surface area contributed by atoms with Crippen LogP contribution in [0.5, 0.6) is 0 Å². The average Bonchev–Trinajstić information content (AvgIpc) is 2.78. The number of ketones is 1. The molecule has 0 aliphatic carbocycles. The van der Waals surface area contributed by atoms with Gasteiger partial charge in [-0.2, -0.15) is 0 Å². The van der Waals surface area contributed by atoms with Crippen molar-refractivity contribution in [3.05, 3.63) is 101 Å². The number of rotatable bonds is 4. The summed E-state index contributed by atoms with van der Waals surface area (Å²) in [6.45, 7) is 2.71. The van der Waals surface area contributed by atoms with Crippen molar-refractivity contribution in [1.29, 1.82) is 0 Å². The summed E-state index contributed by atoms with van der Waals surface area (Å²) in [7, 11) is 0.